The molecule has 0 amide bonds. The van der Waals surface area contributed by atoms with E-state index in [9.17, 15) is 9.59 Å². The second kappa shape index (κ2) is 21.3. The van der Waals surface area contributed by atoms with Crippen molar-refractivity contribution in [2.45, 2.75) is 135 Å². The zero-order valence-corrected chi connectivity index (χ0v) is 22.2. The summed E-state index contributed by atoms with van der Waals surface area (Å²) in [5.74, 6) is -0.373. The van der Waals surface area contributed by atoms with Gasteiger partial charge in [-0.05, 0) is 68.2 Å². The Bertz CT molecular complexity index is 685. The molecule has 1 aromatic rings. The fourth-order valence-corrected chi connectivity index (χ4v) is 4.45. The molecule has 0 saturated carbocycles. The normalized spacial score (nSPS) is 11.0. The van der Waals surface area contributed by atoms with E-state index in [0.717, 1.165) is 76.6 Å². The molecule has 0 aliphatic heterocycles. The lowest BCUT2D eigenvalue weighted by Crippen LogP contribution is -2.00. The molecule has 0 aromatic heterocycles. The molecule has 5 heteroatoms. The minimum absolute atomic E-state index is 0.298. The molecule has 2 N–H and O–H groups in total. The topological polar surface area (TPSA) is 83.8 Å². The van der Waals surface area contributed by atoms with Gasteiger partial charge in [0.15, 0.2) is 0 Å². The van der Waals surface area contributed by atoms with E-state index in [-0.39, 0.29) is 0 Å². The zero-order chi connectivity index (χ0) is 25.6. The average molecular weight is 491 g/mol. The Labute approximate surface area is 213 Å². The van der Waals surface area contributed by atoms with E-state index in [2.05, 4.69) is 25.1 Å². The van der Waals surface area contributed by atoms with Gasteiger partial charge in [-0.2, -0.15) is 0 Å². The zero-order valence-electron chi connectivity index (χ0n) is 22.2. The molecular weight excluding hydrogens is 440 g/mol. The first-order valence-corrected chi connectivity index (χ1v) is 14.2. The quantitative estimate of drug-likeness (QED) is 0.142. The molecule has 0 heterocycles. The number of carboxylic acids is 2. The Balaban J connectivity index is 2.35. The number of hydrogen-bond acceptors (Lipinski definition) is 3. The van der Waals surface area contributed by atoms with Gasteiger partial charge in [-0.1, -0.05) is 83.6 Å². The van der Waals surface area contributed by atoms with Gasteiger partial charge in [0, 0.05) is 12.8 Å². The fourth-order valence-electron chi connectivity index (χ4n) is 4.45. The summed E-state index contributed by atoms with van der Waals surface area (Å²) in [4.78, 5) is 21.1. The number of rotatable bonds is 24. The van der Waals surface area contributed by atoms with E-state index < -0.39 is 11.9 Å². The van der Waals surface area contributed by atoms with Crippen LogP contribution in [0.15, 0.2) is 18.2 Å². The van der Waals surface area contributed by atoms with E-state index in [4.69, 9.17) is 14.9 Å². The number of aryl methyl sites for hydroxylation is 2. The van der Waals surface area contributed by atoms with Crippen molar-refractivity contribution in [3.05, 3.63) is 29.3 Å². The van der Waals surface area contributed by atoms with Crippen LogP contribution in [-0.2, 0) is 22.4 Å². The number of ether oxygens (including phenoxy) is 1. The molecular formula is C30H50O5. The standard InChI is InChI=1S/C30H50O5/c1-2-3-24-35-28-23-22-26(18-14-10-6-4-8-12-16-20-29(31)32)27(25-28)19-15-11-7-5-9-13-17-21-30(33)34/h22-23,25H,2-21,24H2,1H3,(H,31,32)(H,33,34). The van der Waals surface area contributed by atoms with Crippen molar-refractivity contribution in [2.75, 3.05) is 6.61 Å². The summed E-state index contributed by atoms with van der Waals surface area (Å²) in [5.41, 5.74) is 2.90. The third-order valence-electron chi connectivity index (χ3n) is 6.62. The van der Waals surface area contributed by atoms with Gasteiger partial charge >= 0.3 is 11.9 Å². The minimum Gasteiger partial charge on any atom is -0.494 e. The van der Waals surface area contributed by atoms with Crippen LogP contribution < -0.4 is 4.74 Å². The van der Waals surface area contributed by atoms with Crippen LogP contribution in [0.5, 0.6) is 5.75 Å². The molecule has 1 aromatic carbocycles. The Morgan fingerprint density at radius 2 is 1.09 bits per heavy atom. The lowest BCUT2D eigenvalue weighted by molar-refractivity contribution is -0.138. The van der Waals surface area contributed by atoms with E-state index in [1.165, 1.54) is 62.5 Å². The van der Waals surface area contributed by atoms with Gasteiger partial charge in [0.05, 0.1) is 6.61 Å². The Kier molecular flexibility index (Phi) is 18.8. The molecule has 0 fully saturated rings. The van der Waals surface area contributed by atoms with Crippen molar-refractivity contribution in [2.24, 2.45) is 0 Å². The smallest absolute Gasteiger partial charge is 0.303 e. The van der Waals surface area contributed by atoms with Gasteiger partial charge in [-0.25, -0.2) is 0 Å². The SMILES string of the molecule is CCCCOc1ccc(CCCCCCCCCC(=O)O)c(CCCCCCCCCC(=O)O)c1. The second-order valence-corrected chi connectivity index (χ2v) is 9.87. The molecule has 0 aliphatic rings. The van der Waals surface area contributed by atoms with Gasteiger partial charge in [-0.15, -0.1) is 0 Å². The van der Waals surface area contributed by atoms with Crippen molar-refractivity contribution in [1.29, 1.82) is 0 Å². The van der Waals surface area contributed by atoms with Crippen molar-refractivity contribution in [3.8, 4) is 5.75 Å². The van der Waals surface area contributed by atoms with Crippen molar-refractivity contribution < 1.29 is 24.5 Å². The van der Waals surface area contributed by atoms with E-state index in [1.807, 2.05) is 0 Å². The minimum atomic E-state index is -0.685. The number of carbonyl (C=O) groups is 2. The molecule has 0 atom stereocenters. The predicted molar refractivity (Wildman–Crippen MR) is 143 cm³/mol. The van der Waals surface area contributed by atoms with Crippen LogP contribution in [0.4, 0.5) is 0 Å². The van der Waals surface area contributed by atoms with Crippen molar-refractivity contribution in [3.63, 3.8) is 0 Å². The fraction of sp³-hybridized carbons (Fsp3) is 0.733. The van der Waals surface area contributed by atoms with Crippen LogP contribution in [0.25, 0.3) is 0 Å². The van der Waals surface area contributed by atoms with Crippen LogP contribution in [0.3, 0.4) is 0 Å². The highest BCUT2D eigenvalue weighted by Crippen LogP contribution is 2.23. The van der Waals surface area contributed by atoms with Gasteiger partial charge in [0.25, 0.3) is 0 Å². The van der Waals surface area contributed by atoms with Gasteiger partial charge in [-0.3, -0.25) is 9.59 Å². The van der Waals surface area contributed by atoms with Gasteiger partial charge in [0.2, 0.25) is 0 Å². The highest BCUT2D eigenvalue weighted by molar-refractivity contribution is 5.66. The lowest BCUT2D eigenvalue weighted by atomic mass is 9.96. The van der Waals surface area contributed by atoms with E-state index in [1.54, 1.807) is 0 Å². The monoisotopic (exact) mass is 490 g/mol. The summed E-state index contributed by atoms with van der Waals surface area (Å²) in [6.45, 7) is 2.96. The second-order valence-electron chi connectivity index (χ2n) is 9.87. The van der Waals surface area contributed by atoms with Crippen LogP contribution in [0.2, 0.25) is 0 Å². The maximum atomic E-state index is 10.6. The number of unbranched alkanes of at least 4 members (excludes halogenated alkanes) is 13. The van der Waals surface area contributed by atoms with Crippen molar-refractivity contribution in [1.82, 2.24) is 0 Å². The Hall–Kier alpha value is -2.04. The summed E-state index contributed by atoms with van der Waals surface area (Å²) in [6.07, 6.45) is 20.7. The molecule has 0 saturated heterocycles. The Morgan fingerprint density at radius 1 is 0.629 bits per heavy atom. The average Bonchev–Trinajstić information content (AvgIpc) is 2.82. The molecule has 0 radical (unpaired) electrons. The largest absolute Gasteiger partial charge is 0.494 e. The first kappa shape index (κ1) is 31.0. The van der Waals surface area contributed by atoms with Crippen LogP contribution in [-0.4, -0.2) is 28.8 Å². The third kappa shape index (κ3) is 18.0. The predicted octanol–water partition coefficient (Wildman–Crippen LogP) is 8.36. The first-order chi connectivity index (χ1) is 17.0. The number of aliphatic carboxylic acids is 2. The third-order valence-corrected chi connectivity index (χ3v) is 6.62. The maximum absolute atomic E-state index is 10.6. The number of benzene rings is 1. The van der Waals surface area contributed by atoms with Crippen molar-refractivity contribution >= 4 is 11.9 Å². The first-order valence-electron chi connectivity index (χ1n) is 14.2. The lowest BCUT2D eigenvalue weighted by Gasteiger charge is -2.13. The highest BCUT2D eigenvalue weighted by atomic mass is 16.5. The van der Waals surface area contributed by atoms with E-state index in [0.29, 0.717) is 12.8 Å². The molecule has 0 bridgehead atoms. The molecule has 1 rings (SSSR count). The van der Waals surface area contributed by atoms with E-state index >= 15 is 0 Å². The Morgan fingerprint density at radius 3 is 1.57 bits per heavy atom. The van der Waals surface area contributed by atoms with Crippen LogP contribution >= 0.6 is 0 Å². The summed E-state index contributed by atoms with van der Waals surface area (Å²) in [5, 5.41) is 17.4. The molecule has 5 nitrogen and oxygen atoms in total. The number of hydrogen-bond donors (Lipinski definition) is 2. The molecule has 0 unspecified atom stereocenters. The number of carboxylic acid groups (broad SMARTS) is 2. The molecule has 0 spiro atoms. The molecule has 0 aliphatic carbocycles. The molecule has 200 valence electrons. The summed E-state index contributed by atoms with van der Waals surface area (Å²) in [7, 11) is 0. The molecule has 35 heavy (non-hydrogen) atoms. The van der Waals surface area contributed by atoms with Gasteiger partial charge in [0.1, 0.15) is 5.75 Å². The summed E-state index contributed by atoms with van der Waals surface area (Å²) >= 11 is 0. The van der Waals surface area contributed by atoms with Gasteiger partial charge < -0.3 is 14.9 Å². The maximum Gasteiger partial charge on any atom is 0.303 e. The van der Waals surface area contributed by atoms with Crippen LogP contribution in [0, 0.1) is 0 Å². The highest BCUT2D eigenvalue weighted by Gasteiger charge is 2.06. The van der Waals surface area contributed by atoms with Crippen LogP contribution in [0.1, 0.15) is 134 Å². The summed E-state index contributed by atoms with van der Waals surface area (Å²) in [6, 6.07) is 6.67. The summed E-state index contributed by atoms with van der Waals surface area (Å²) < 4.78 is 5.97.